The average Bonchev–Trinajstić information content (AvgIpc) is 2.92. The first-order chi connectivity index (χ1) is 13.4. The summed E-state index contributed by atoms with van der Waals surface area (Å²) < 4.78 is 11.1. The Morgan fingerprint density at radius 2 is 1.86 bits per heavy atom. The summed E-state index contributed by atoms with van der Waals surface area (Å²) in [6.07, 6.45) is 0. The summed E-state index contributed by atoms with van der Waals surface area (Å²) in [6, 6.07) is 10.9. The van der Waals surface area contributed by atoms with Gasteiger partial charge in [0.25, 0.3) is 5.91 Å². The topological polar surface area (TPSA) is 84.9 Å². The predicted octanol–water partition coefficient (Wildman–Crippen LogP) is 2.76. The molecule has 0 aliphatic carbocycles. The first-order valence-corrected chi connectivity index (χ1v) is 9.10. The van der Waals surface area contributed by atoms with Crippen LogP contribution in [0.1, 0.15) is 22.8 Å². The number of imide groups is 1. The van der Waals surface area contributed by atoms with Crippen LogP contribution in [0.15, 0.2) is 42.5 Å². The monoisotopic (exact) mass is 400 g/mol. The lowest BCUT2D eigenvalue weighted by Crippen LogP contribution is -2.41. The molecule has 7 nitrogen and oxygen atoms in total. The number of Topliss-reactive ketones (excluding diaryl/α,β-unsaturated/α-hetero) is 1. The van der Waals surface area contributed by atoms with E-state index in [1.165, 1.54) is 0 Å². The fraction of sp³-hybridized carbons (Fsp3) is 0.250. The Morgan fingerprint density at radius 1 is 1.14 bits per heavy atom. The van der Waals surface area contributed by atoms with Crippen LogP contribution in [0.4, 0.5) is 4.79 Å². The molecule has 0 radical (unpaired) electrons. The Morgan fingerprint density at radius 3 is 2.61 bits per heavy atom. The molecule has 0 unspecified atom stereocenters. The molecule has 0 spiro atoms. The van der Waals surface area contributed by atoms with Gasteiger partial charge in [-0.05, 0) is 36.8 Å². The second-order valence-electron chi connectivity index (χ2n) is 6.71. The normalized spacial score (nSPS) is 20.9. The van der Waals surface area contributed by atoms with Crippen molar-refractivity contribution >= 4 is 29.3 Å². The van der Waals surface area contributed by atoms with Crippen LogP contribution in [0, 0.1) is 0 Å². The van der Waals surface area contributed by atoms with Gasteiger partial charge < -0.3 is 14.8 Å². The van der Waals surface area contributed by atoms with Crippen molar-refractivity contribution in [1.29, 1.82) is 0 Å². The van der Waals surface area contributed by atoms with Crippen molar-refractivity contribution in [3.8, 4) is 11.5 Å². The van der Waals surface area contributed by atoms with E-state index in [2.05, 4.69) is 5.32 Å². The quantitative estimate of drug-likeness (QED) is 0.630. The largest absolute Gasteiger partial charge is 0.486 e. The van der Waals surface area contributed by atoms with Crippen LogP contribution >= 0.6 is 11.6 Å². The zero-order chi connectivity index (χ0) is 19.9. The molecule has 1 saturated heterocycles. The van der Waals surface area contributed by atoms with Crippen LogP contribution in [-0.2, 0) is 10.3 Å². The second-order valence-corrected chi connectivity index (χ2v) is 7.12. The van der Waals surface area contributed by atoms with E-state index in [1.54, 1.807) is 49.4 Å². The maximum atomic E-state index is 13.0. The van der Waals surface area contributed by atoms with Gasteiger partial charge in [-0.3, -0.25) is 14.5 Å². The standard InChI is InChI=1S/C20H17ClN2O5/c1-20(12-6-7-16-17(10-12)28-9-8-27-16)18(25)23(19(26)22-20)11-15(24)13-4-2-3-5-14(13)21/h2-7,10H,8-9,11H2,1H3,(H,22,26)/t20-/m0/s1. The minimum atomic E-state index is -1.31. The number of ketones is 1. The molecular formula is C20H17ClN2O5. The van der Waals surface area contributed by atoms with Crippen LogP contribution in [0.3, 0.4) is 0 Å². The summed E-state index contributed by atoms with van der Waals surface area (Å²) in [5.41, 5.74) is -0.506. The third-order valence-electron chi connectivity index (χ3n) is 4.87. The second kappa shape index (κ2) is 6.83. The van der Waals surface area contributed by atoms with E-state index in [4.69, 9.17) is 21.1 Å². The van der Waals surface area contributed by atoms with E-state index in [0.717, 1.165) is 4.90 Å². The predicted molar refractivity (Wildman–Crippen MR) is 101 cm³/mol. The van der Waals surface area contributed by atoms with Crippen molar-refractivity contribution < 1.29 is 23.9 Å². The summed E-state index contributed by atoms with van der Waals surface area (Å²) >= 11 is 6.05. The third-order valence-corrected chi connectivity index (χ3v) is 5.20. The van der Waals surface area contributed by atoms with E-state index >= 15 is 0 Å². The van der Waals surface area contributed by atoms with Gasteiger partial charge in [0.05, 0.1) is 11.6 Å². The van der Waals surface area contributed by atoms with E-state index in [-0.39, 0.29) is 10.6 Å². The van der Waals surface area contributed by atoms with Crippen LogP contribution in [0.25, 0.3) is 0 Å². The summed E-state index contributed by atoms with van der Waals surface area (Å²) in [5, 5.41) is 2.95. The number of hydrogen-bond acceptors (Lipinski definition) is 5. The lowest BCUT2D eigenvalue weighted by atomic mass is 9.91. The number of carbonyl (C=O) groups excluding carboxylic acids is 3. The molecule has 4 rings (SSSR count). The number of carbonyl (C=O) groups is 3. The molecule has 0 bridgehead atoms. The van der Waals surface area contributed by atoms with Crippen molar-refractivity contribution in [3.05, 3.63) is 58.6 Å². The van der Waals surface area contributed by atoms with Crippen molar-refractivity contribution in [1.82, 2.24) is 10.2 Å². The van der Waals surface area contributed by atoms with Gasteiger partial charge >= 0.3 is 6.03 Å². The molecule has 28 heavy (non-hydrogen) atoms. The lowest BCUT2D eigenvalue weighted by Gasteiger charge is -2.25. The maximum Gasteiger partial charge on any atom is 0.325 e. The average molecular weight is 401 g/mol. The molecular weight excluding hydrogens is 384 g/mol. The summed E-state index contributed by atoms with van der Waals surface area (Å²) in [7, 11) is 0. The SMILES string of the molecule is C[C@@]1(c2ccc3c(c2)OCCO3)NC(=O)N(CC(=O)c2ccccc2Cl)C1=O. The van der Waals surface area contributed by atoms with Gasteiger partial charge in [-0.25, -0.2) is 4.79 Å². The van der Waals surface area contributed by atoms with Gasteiger partial charge in [-0.2, -0.15) is 0 Å². The van der Waals surface area contributed by atoms with E-state index < -0.39 is 29.8 Å². The Balaban J connectivity index is 1.60. The number of nitrogens with one attached hydrogen (secondary N) is 1. The number of fused-ring (bicyclic) bond motifs is 1. The molecule has 3 amide bonds. The number of amides is 3. The highest BCUT2D eigenvalue weighted by molar-refractivity contribution is 6.34. The smallest absolute Gasteiger partial charge is 0.325 e. The highest BCUT2D eigenvalue weighted by atomic mass is 35.5. The number of benzene rings is 2. The molecule has 1 fully saturated rings. The Bertz CT molecular complexity index is 992. The molecule has 2 aliphatic heterocycles. The Kier molecular flexibility index (Phi) is 4.47. The van der Waals surface area contributed by atoms with Crippen molar-refractivity contribution in [3.63, 3.8) is 0 Å². The molecule has 2 aromatic rings. The van der Waals surface area contributed by atoms with Crippen molar-refractivity contribution in [2.75, 3.05) is 19.8 Å². The molecule has 2 aliphatic rings. The maximum absolute atomic E-state index is 13.0. The summed E-state index contributed by atoms with van der Waals surface area (Å²) in [5.74, 6) is 0.161. The Labute approximate surface area is 166 Å². The van der Waals surface area contributed by atoms with E-state index in [0.29, 0.717) is 30.3 Å². The lowest BCUT2D eigenvalue weighted by molar-refractivity contribution is -0.130. The van der Waals surface area contributed by atoms with Crippen LogP contribution in [-0.4, -0.2) is 42.4 Å². The van der Waals surface area contributed by atoms with Crippen LogP contribution in [0.2, 0.25) is 5.02 Å². The number of rotatable bonds is 4. The molecule has 8 heteroatoms. The molecule has 144 valence electrons. The molecule has 1 N–H and O–H groups in total. The third kappa shape index (κ3) is 2.97. The summed E-state index contributed by atoms with van der Waals surface area (Å²) in [6.45, 7) is 2.07. The fourth-order valence-corrected chi connectivity index (χ4v) is 3.55. The molecule has 2 heterocycles. The summed E-state index contributed by atoms with van der Waals surface area (Å²) in [4.78, 5) is 39.0. The number of hydrogen-bond donors (Lipinski definition) is 1. The highest BCUT2D eigenvalue weighted by Crippen LogP contribution is 2.37. The van der Waals surface area contributed by atoms with Gasteiger partial charge in [0.15, 0.2) is 17.3 Å². The van der Waals surface area contributed by atoms with Crippen LogP contribution in [0.5, 0.6) is 11.5 Å². The van der Waals surface area contributed by atoms with Crippen molar-refractivity contribution in [2.45, 2.75) is 12.5 Å². The number of urea groups is 1. The first-order valence-electron chi connectivity index (χ1n) is 8.72. The van der Waals surface area contributed by atoms with E-state index in [9.17, 15) is 14.4 Å². The number of ether oxygens (including phenoxy) is 2. The number of nitrogens with zero attached hydrogens (tertiary/aromatic N) is 1. The Hall–Kier alpha value is -3.06. The minimum absolute atomic E-state index is 0.262. The highest BCUT2D eigenvalue weighted by Gasteiger charge is 2.49. The first kappa shape index (κ1) is 18.3. The minimum Gasteiger partial charge on any atom is -0.486 e. The zero-order valence-corrected chi connectivity index (χ0v) is 15.8. The van der Waals surface area contributed by atoms with Gasteiger partial charge in [-0.1, -0.05) is 29.8 Å². The molecule has 0 aromatic heterocycles. The van der Waals surface area contributed by atoms with E-state index in [1.807, 2.05) is 0 Å². The van der Waals surface area contributed by atoms with Gasteiger partial charge in [0.2, 0.25) is 0 Å². The number of halogens is 1. The van der Waals surface area contributed by atoms with Crippen molar-refractivity contribution in [2.24, 2.45) is 0 Å². The molecule has 1 atom stereocenters. The van der Waals surface area contributed by atoms with Gasteiger partial charge in [0, 0.05) is 5.56 Å². The van der Waals surface area contributed by atoms with Gasteiger partial charge in [-0.15, -0.1) is 0 Å². The van der Waals surface area contributed by atoms with Crippen LogP contribution < -0.4 is 14.8 Å². The van der Waals surface area contributed by atoms with Gasteiger partial charge in [0.1, 0.15) is 18.8 Å². The zero-order valence-electron chi connectivity index (χ0n) is 15.0. The molecule has 0 saturated carbocycles. The fourth-order valence-electron chi connectivity index (χ4n) is 3.31. The molecule has 2 aromatic carbocycles.